The first-order chi connectivity index (χ1) is 12.0. The van der Waals surface area contributed by atoms with Crippen molar-refractivity contribution in [2.24, 2.45) is 0 Å². The lowest BCUT2D eigenvalue weighted by Crippen LogP contribution is -2.47. The first-order valence-corrected chi connectivity index (χ1v) is 7.79. The van der Waals surface area contributed by atoms with E-state index in [1.807, 2.05) is 18.2 Å². The fraction of sp³-hybridized carbons (Fsp3) is 0.167. The Kier molecular flexibility index (Phi) is 3.42. The number of ketones is 1. The molecule has 4 rings (SSSR count). The second kappa shape index (κ2) is 5.62. The highest BCUT2D eigenvalue weighted by Crippen LogP contribution is 2.33. The molecule has 3 heterocycles. The molecule has 1 aliphatic rings. The summed E-state index contributed by atoms with van der Waals surface area (Å²) in [6, 6.07) is 12.2. The summed E-state index contributed by atoms with van der Waals surface area (Å²) in [6.45, 7) is 1.43. The molecule has 0 spiro atoms. The van der Waals surface area contributed by atoms with E-state index in [0.29, 0.717) is 11.3 Å². The van der Waals surface area contributed by atoms with Gasteiger partial charge < -0.3 is 14.9 Å². The quantitative estimate of drug-likeness (QED) is 0.737. The highest BCUT2D eigenvalue weighted by Gasteiger charge is 2.34. The molecule has 0 fully saturated rings. The van der Waals surface area contributed by atoms with Gasteiger partial charge in [0.1, 0.15) is 11.4 Å². The number of anilines is 2. The number of para-hydroxylation sites is 1. The van der Waals surface area contributed by atoms with Crippen molar-refractivity contribution in [3.8, 4) is 5.75 Å². The van der Waals surface area contributed by atoms with E-state index in [4.69, 9.17) is 14.9 Å². The molecular weight excluding hydrogens is 322 g/mol. The number of aromatic nitrogens is 1. The fourth-order valence-corrected chi connectivity index (χ4v) is 2.79. The number of rotatable bonds is 3. The van der Waals surface area contributed by atoms with Crippen molar-refractivity contribution in [3.05, 3.63) is 48.2 Å². The Bertz CT molecular complexity index is 962. The number of hydrogen-bond donors (Lipinski definition) is 1. The molecular formula is C18H15N3O4. The van der Waals surface area contributed by atoms with Crippen molar-refractivity contribution >= 4 is 34.3 Å². The molecule has 7 heteroatoms. The van der Waals surface area contributed by atoms with E-state index in [1.54, 1.807) is 31.2 Å². The highest BCUT2D eigenvalue weighted by atomic mass is 16.5. The van der Waals surface area contributed by atoms with Crippen LogP contribution in [0.3, 0.4) is 0 Å². The van der Waals surface area contributed by atoms with Crippen molar-refractivity contribution in [1.82, 2.24) is 4.98 Å². The Labute approximate surface area is 143 Å². The molecule has 0 radical (unpaired) electrons. The van der Waals surface area contributed by atoms with Crippen molar-refractivity contribution in [2.75, 3.05) is 17.2 Å². The maximum absolute atomic E-state index is 12.6. The lowest BCUT2D eigenvalue weighted by molar-refractivity contribution is -0.125. The normalized spacial score (nSPS) is 16.6. The van der Waals surface area contributed by atoms with Crippen molar-refractivity contribution in [2.45, 2.75) is 13.0 Å². The smallest absolute Gasteiger partial charge is 0.269 e. The topological polar surface area (TPSA) is 98.7 Å². The second-order valence-corrected chi connectivity index (χ2v) is 5.81. The van der Waals surface area contributed by atoms with Gasteiger partial charge in [0.05, 0.1) is 6.54 Å². The molecule has 0 saturated carbocycles. The number of fused-ring (bicyclic) bond motifs is 2. The molecule has 0 saturated heterocycles. The van der Waals surface area contributed by atoms with Crippen LogP contribution in [0.2, 0.25) is 0 Å². The molecule has 1 unspecified atom stereocenters. The molecule has 1 atom stereocenters. The first-order valence-electron chi connectivity index (χ1n) is 7.79. The van der Waals surface area contributed by atoms with Gasteiger partial charge in [-0.3, -0.25) is 14.5 Å². The van der Waals surface area contributed by atoms with Gasteiger partial charge >= 0.3 is 0 Å². The van der Waals surface area contributed by atoms with E-state index >= 15 is 0 Å². The summed E-state index contributed by atoms with van der Waals surface area (Å²) in [5, 5.41) is 0.829. The van der Waals surface area contributed by atoms with Gasteiger partial charge in [-0.25, -0.2) is 4.98 Å². The summed E-state index contributed by atoms with van der Waals surface area (Å²) >= 11 is 0. The molecule has 1 amide bonds. The molecule has 0 aliphatic carbocycles. The van der Waals surface area contributed by atoms with Gasteiger partial charge in [-0.2, -0.15) is 0 Å². The van der Waals surface area contributed by atoms with Gasteiger partial charge in [-0.15, -0.1) is 0 Å². The van der Waals surface area contributed by atoms with E-state index in [9.17, 15) is 9.59 Å². The molecule has 126 valence electrons. The third-order valence-corrected chi connectivity index (χ3v) is 4.04. The number of carbonyl (C=O) groups excluding carboxylic acids is 2. The monoisotopic (exact) mass is 337 g/mol. The zero-order chi connectivity index (χ0) is 17.6. The number of nitrogen functional groups attached to an aromatic ring is 1. The molecule has 25 heavy (non-hydrogen) atoms. The Morgan fingerprint density at radius 2 is 2.08 bits per heavy atom. The van der Waals surface area contributed by atoms with Crippen LogP contribution < -0.4 is 15.4 Å². The SMILES string of the molecule is CC1Oc2ccc(N)nc2N(CC(=O)c2cc3ccccc3o2)C1=O. The van der Waals surface area contributed by atoms with Gasteiger partial charge in [0.2, 0.25) is 5.78 Å². The summed E-state index contributed by atoms with van der Waals surface area (Å²) in [6.07, 6.45) is -0.707. The number of nitrogens with two attached hydrogens (primary N) is 1. The van der Waals surface area contributed by atoms with Crippen molar-refractivity contribution < 1.29 is 18.7 Å². The Hall–Kier alpha value is -3.35. The van der Waals surface area contributed by atoms with E-state index < -0.39 is 6.10 Å². The number of carbonyl (C=O) groups is 2. The molecule has 7 nitrogen and oxygen atoms in total. The summed E-state index contributed by atoms with van der Waals surface area (Å²) in [5.74, 6) is 0.416. The van der Waals surface area contributed by atoms with Gasteiger partial charge in [0, 0.05) is 5.39 Å². The maximum atomic E-state index is 12.6. The first kappa shape index (κ1) is 15.2. The van der Waals surface area contributed by atoms with E-state index in [1.165, 1.54) is 4.90 Å². The van der Waals surface area contributed by atoms with Crippen molar-refractivity contribution in [3.63, 3.8) is 0 Å². The van der Waals surface area contributed by atoms with Crippen LogP contribution in [0.25, 0.3) is 11.0 Å². The minimum atomic E-state index is -0.707. The van der Waals surface area contributed by atoms with Gasteiger partial charge in [0.15, 0.2) is 23.4 Å². The molecule has 1 aliphatic heterocycles. The molecule has 2 N–H and O–H groups in total. The van der Waals surface area contributed by atoms with E-state index in [0.717, 1.165) is 5.39 Å². The predicted octanol–water partition coefficient (Wildman–Crippen LogP) is 2.41. The van der Waals surface area contributed by atoms with Gasteiger partial charge in [-0.05, 0) is 31.2 Å². The highest BCUT2D eigenvalue weighted by molar-refractivity contribution is 6.07. The maximum Gasteiger partial charge on any atom is 0.269 e. The van der Waals surface area contributed by atoms with Crippen LogP contribution in [-0.2, 0) is 4.79 Å². The largest absolute Gasteiger partial charge is 0.477 e. The number of benzene rings is 1. The summed E-state index contributed by atoms with van der Waals surface area (Å²) in [7, 11) is 0. The summed E-state index contributed by atoms with van der Waals surface area (Å²) in [5.41, 5.74) is 6.33. The predicted molar refractivity (Wildman–Crippen MR) is 91.6 cm³/mol. The minimum absolute atomic E-state index is 0.193. The lowest BCUT2D eigenvalue weighted by Gasteiger charge is -2.31. The molecule has 0 bridgehead atoms. The average Bonchev–Trinajstić information content (AvgIpc) is 3.04. The molecule has 2 aromatic heterocycles. The zero-order valence-electron chi connectivity index (χ0n) is 13.4. The van der Waals surface area contributed by atoms with E-state index in [-0.39, 0.29) is 35.6 Å². The minimum Gasteiger partial charge on any atom is -0.477 e. The summed E-state index contributed by atoms with van der Waals surface area (Å²) < 4.78 is 11.1. The zero-order valence-corrected chi connectivity index (χ0v) is 13.4. The third kappa shape index (κ3) is 2.59. The lowest BCUT2D eigenvalue weighted by atomic mass is 10.2. The van der Waals surface area contributed by atoms with Crippen LogP contribution in [0.5, 0.6) is 5.75 Å². The molecule has 1 aromatic carbocycles. The molecule has 3 aromatic rings. The van der Waals surface area contributed by atoms with Crippen LogP contribution in [-0.4, -0.2) is 29.3 Å². The van der Waals surface area contributed by atoms with Crippen LogP contribution in [0.1, 0.15) is 17.5 Å². The number of nitrogens with zero attached hydrogens (tertiary/aromatic N) is 2. The Morgan fingerprint density at radius 3 is 2.88 bits per heavy atom. The number of pyridine rings is 1. The average molecular weight is 337 g/mol. The number of hydrogen-bond acceptors (Lipinski definition) is 6. The van der Waals surface area contributed by atoms with E-state index in [2.05, 4.69) is 4.98 Å². The standard InChI is InChI=1S/C18H15N3O4/c1-10-18(23)21(17-14(24-10)6-7-16(19)20-17)9-12(22)15-8-11-4-2-3-5-13(11)25-15/h2-8,10H,9H2,1H3,(H2,19,20). The van der Waals surface area contributed by atoms with Crippen LogP contribution >= 0.6 is 0 Å². The number of amides is 1. The van der Waals surface area contributed by atoms with Crippen LogP contribution in [0.15, 0.2) is 46.9 Å². The summed E-state index contributed by atoms with van der Waals surface area (Å²) in [4.78, 5) is 30.5. The Morgan fingerprint density at radius 1 is 1.28 bits per heavy atom. The van der Waals surface area contributed by atoms with Crippen LogP contribution in [0, 0.1) is 0 Å². The number of ether oxygens (including phenoxy) is 1. The number of furan rings is 1. The Balaban J connectivity index is 1.68. The second-order valence-electron chi connectivity index (χ2n) is 5.81. The van der Waals surface area contributed by atoms with Gasteiger partial charge in [0.25, 0.3) is 5.91 Å². The third-order valence-electron chi connectivity index (χ3n) is 4.04. The van der Waals surface area contributed by atoms with Crippen LogP contribution in [0.4, 0.5) is 11.6 Å². The van der Waals surface area contributed by atoms with Gasteiger partial charge in [-0.1, -0.05) is 18.2 Å². The number of Topliss-reactive ketones (excluding diaryl/α,β-unsaturated/α-hetero) is 1. The fourth-order valence-electron chi connectivity index (χ4n) is 2.79. The van der Waals surface area contributed by atoms with Crippen molar-refractivity contribution in [1.29, 1.82) is 0 Å².